The van der Waals surface area contributed by atoms with E-state index in [0.717, 1.165) is 0 Å². The monoisotopic (exact) mass is 414 g/mol. The molecule has 0 nitrogen and oxygen atoms in total. The molecule has 1 heteroatoms. The first-order valence-electron chi connectivity index (χ1n) is 9.27. The van der Waals surface area contributed by atoms with E-state index >= 15 is 0 Å². The van der Waals surface area contributed by atoms with Crippen LogP contribution in [-0.4, -0.2) is 18.4 Å². The Morgan fingerprint density at radius 3 is 2.17 bits per heavy atom. The Labute approximate surface area is 146 Å². The average molecular weight is 413 g/mol. The van der Waals surface area contributed by atoms with E-state index in [1.165, 1.54) is 45.7 Å². The molecule has 1 aliphatic rings. The van der Waals surface area contributed by atoms with Crippen LogP contribution in [0.1, 0.15) is 48.9 Å². The fourth-order valence-electron chi connectivity index (χ4n) is 4.24. The van der Waals surface area contributed by atoms with Gasteiger partial charge in [-0.25, -0.2) is 0 Å². The van der Waals surface area contributed by atoms with Crippen LogP contribution in [-0.2, 0) is 21.7 Å². The molecule has 0 saturated carbocycles. The van der Waals surface area contributed by atoms with Crippen molar-refractivity contribution >= 4 is 18.4 Å². The van der Waals surface area contributed by atoms with E-state index in [2.05, 4.69) is 60.1 Å². The normalized spacial score (nSPS) is 15.7. The summed E-state index contributed by atoms with van der Waals surface area (Å²) in [6.07, 6.45) is 4.98. The first-order valence-corrected chi connectivity index (χ1v) is 19.0. The molecule has 0 radical (unpaired) electrons. The summed E-state index contributed by atoms with van der Waals surface area (Å²) in [7, 11) is 0. The molecule has 1 heterocycles. The van der Waals surface area contributed by atoms with Crippen molar-refractivity contribution in [1.29, 1.82) is 0 Å². The maximum atomic E-state index is 2.64. The van der Waals surface area contributed by atoms with Gasteiger partial charge in [0.1, 0.15) is 0 Å². The van der Waals surface area contributed by atoms with Crippen molar-refractivity contribution in [2.75, 3.05) is 0 Å². The summed E-state index contributed by atoms with van der Waals surface area (Å²) in [6, 6.07) is 13.6. The molecular formula is C22H30Sn. The van der Waals surface area contributed by atoms with Gasteiger partial charge in [-0.2, -0.15) is 0 Å². The Bertz CT molecular complexity index is 683. The minimum absolute atomic E-state index is 1.24. The van der Waals surface area contributed by atoms with Crippen molar-refractivity contribution in [3.05, 3.63) is 58.7 Å². The number of benzene rings is 2. The van der Waals surface area contributed by atoms with Crippen molar-refractivity contribution in [3.8, 4) is 11.1 Å². The van der Waals surface area contributed by atoms with E-state index in [9.17, 15) is 0 Å². The van der Waals surface area contributed by atoms with Crippen molar-refractivity contribution < 1.29 is 0 Å². The third kappa shape index (κ3) is 3.52. The van der Waals surface area contributed by atoms with Crippen LogP contribution in [0.3, 0.4) is 0 Å². The fraction of sp³-hybridized carbons (Fsp3) is 0.455. The topological polar surface area (TPSA) is 0 Å². The molecule has 0 aliphatic carbocycles. The third-order valence-electron chi connectivity index (χ3n) is 5.17. The molecule has 0 saturated heterocycles. The van der Waals surface area contributed by atoms with Gasteiger partial charge in [0.15, 0.2) is 0 Å². The van der Waals surface area contributed by atoms with E-state index in [4.69, 9.17) is 0 Å². The zero-order valence-corrected chi connectivity index (χ0v) is 18.1. The quantitative estimate of drug-likeness (QED) is 0.517. The molecule has 122 valence electrons. The summed E-state index contributed by atoms with van der Waals surface area (Å²) >= 11 is -1.86. The van der Waals surface area contributed by atoms with Gasteiger partial charge in [-0.3, -0.25) is 0 Å². The molecule has 3 rings (SSSR count). The van der Waals surface area contributed by atoms with Crippen LogP contribution < -0.4 is 0 Å². The van der Waals surface area contributed by atoms with Crippen LogP contribution in [0.5, 0.6) is 0 Å². The third-order valence-corrected chi connectivity index (χ3v) is 12.7. The SMILES string of the molecule is CCCc1cc(-c2ccccc2)c(CCC)c2c1[CH2][Sn]([CH3])([CH3])[CH2]2. The first-order chi connectivity index (χ1) is 11.1. The van der Waals surface area contributed by atoms with E-state index in [1.54, 1.807) is 22.3 Å². The Hall–Kier alpha value is -0.761. The van der Waals surface area contributed by atoms with Crippen LogP contribution in [0.15, 0.2) is 36.4 Å². The number of fused-ring (bicyclic) bond motifs is 1. The molecule has 0 atom stereocenters. The van der Waals surface area contributed by atoms with E-state index < -0.39 is 18.4 Å². The van der Waals surface area contributed by atoms with Crippen LogP contribution in [0.4, 0.5) is 0 Å². The van der Waals surface area contributed by atoms with Gasteiger partial charge in [0.05, 0.1) is 0 Å². The van der Waals surface area contributed by atoms with Crippen LogP contribution >= 0.6 is 0 Å². The second-order valence-electron chi connectivity index (χ2n) is 7.90. The van der Waals surface area contributed by atoms with Gasteiger partial charge in [-0.05, 0) is 0 Å². The molecule has 0 aromatic heterocycles. The first kappa shape index (κ1) is 17.1. The Kier molecular flexibility index (Phi) is 5.20. The standard InChI is InChI=1S/C20H24.2CH3.Sn/c1-5-10-18-14-20(17-12-8-7-9-13-17)19(11-6-2)16(4)15(18)3;;;/h7-9,12-14H,3-6,10-11H2,1-2H3;2*1H3;. The van der Waals surface area contributed by atoms with Gasteiger partial charge < -0.3 is 0 Å². The van der Waals surface area contributed by atoms with Gasteiger partial charge >= 0.3 is 146 Å². The molecule has 2 aromatic carbocycles. The van der Waals surface area contributed by atoms with Crippen LogP contribution in [0, 0.1) is 0 Å². The molecule has 2 aromatic rings. The van der Waals surface area contributed by atoms with Crippen LogP contribution in [0.25, 0.3) is 11.1 Å². The second-order valence-corrected chi connectivity index (χ2v) is 22.3. The Balaban J connectivity index is 2.22. The van der Waals surface area contributed by atoms with Gasteiger partial charge in [0.25, 0.3) is 0 Å². The number of hydrogen-bond donors (Lipinski definition) is 0. The van der Waals surface area contributed by atoms with Gasteiger partial charge in [0, 0.05) is 0 Å². The summed E-state index contributed by atoms with van der Waals surface area (Å²) in [5.41, 5.74) is 9.82. The molecule has 1 aliphatic heterocycles. The number of hydrogen-bond acceptors (Lipinski definition) is 0. The number of aryl methyl sites for hydroxylation is 1. The summed E-state index contributed by atoms with van der Waals surface area (Å²) < 4.78 is 2.92. The molecule has 0 bridgehead atoms. The van der Waals surface area contributed by atoms with Crippen molar-refractivity contribution in [3.63, 3.8) is 0 Å². The fourth-order valence-corrected chi connectivity index (χ4v) is 12.5. The molecule has 0 unspecified atom stereocenters. The number of rotatable bonds is 5. The summed E-state index contributed by atoms with van der Waals surface area (Å²) in [5, 5.41) is 0. The molecule has 0 N–H and O–H groups in total. The summed E-state index contributed by atoms with van der Waals surface area (Å²) in [5.74, 6) is 0. The van der Waals surface area contributed by atoms with Gasteiger partial charge in [-0.1, -0.05) is 0 Å². The molecule has 23 heavy (non-hydrogen) atoms. The van der Waals surface area contributed by atoms with E-state index in [-0.39, 0.29) is 0 Å². The minimum atomic E-state index is -1.86. The second kappa shape index (κ2) is 7.01. The van der Waals surface area contributed by atoms with E-state index in [1.807, 2.05) is 0 Å². The van der Waals surface area contributed by atoms with E-state index in [0.29, 0.717) is 0 Å². The Morgan fingerprint density at radius 2 is 1.52 bits per heavy atom. The Morgan fingerprint density at radius 1 is 0.870 bits per heavy atom. The zero-order valence-electron chi connectivity index (χ0n) is 15.2. The average Bonchev–Trinajstić information content (AvgIpc) is 2.86. The van der Waals surface area contributed by atoms with Gasteiger partial charge in [0.2, 0.25) is 0 Å². The van der Waals surface area contributed by atoms with Crippen molar-refractivity contribution in [2.45, 2.75) is 58.3 Å². The predicted molar refractivity (Wildman–Crippen MR) is 105 cm³/mol. The van der Waals surface area contributed by atoms with Crippen LogP contribution in [0.2, 0.25) is 9.88 Å². The van der Waals surface area contributed by atoms with Crippen molar-refractivity contribution in [1.82, 2.24) is 0 Å². The van der Waals surface area contributed by atoms with Gasteiger partial charge in [-0.15, -0.1) is 0 Å². The molecule has 0 fully saturated rings. The molecular weight excluding hydrogens is 383 g/mol. The summed E-state index contributed by atoms with van der Waals surface area (Å²) in [4.78, 5) is 5.28. The maximum absolute atomic E-state index is 2.64. The molecule has 0 spiro atoms. The zero-order chi connectivity index (χ0) is 16.4. The predicted octanol–water partition coefficient (Wildman–Crippen LogP) is 6.14. The van der Waals surface area contributed by atoms with Crippen molar-refractivity contribution in [2.24, 2.45) is 0 Å². The summed E-state index contributed by atoms with van der Waals surface area (Å²) in [6.45, 7) is 4.64. The molecule has 0 amide bonds.